The summed E-state index contributed by atoms with van der Waals surface area (Å²) in [5, 5.41) is 0. The van der Waals surface area contributed by atoms with Gasteiger partial charge in [-0.15, -0.1) is 0 Å². The van der Waals surface area contributed by atoms with Crippen molar-refractivity contribution < 1.29 is 9.13 Å². The van der Waals surface area contributed by atoms with Crippen LogP contribution in [0.4, 0.5) is 4.39 Å². The van der Waals surface area contributed by atoms with Crippen molar-refractivity contribution in [3.05, 3.63) is 53.6 Å². The van der Waals surface area contributed by atoms with Gasteiger partial charge in [0.25, 0.3) is 0 Å². The minimum atomic E-state index is -0.299. The lowest BCUT2D eigenvalue weighted by atomic mass is 10.2. The number of nitrogens with two attached hydrogens (primary N) is 1. The highest BCUT2D eigenvalue weighted by molar-refractivity contribution is 5.31. The molecule has 0 unspecified atom stereocenters. The zero-order valence-corrected chi connectivity index (χ0v) is 10.4. The van der Waals surface area contributed by atoms with Crippen LogP contribution in [-0.4, -0.2) is 18.2 Å². The minimum Gasteiger partial charge on any atom is -0.494 e. The number of ether oxygens (including phenoxy) is 1. The van der Waals surface area contributed by atoms with Gasteiger partial charge in [0, 0.05) is 17.5 Å². The second kappa shape index (κ2) is 5.69. The van der Waals surface area contributed by atoms with Crippen LogP contribution in [0.3, 0.4) is 0 Å². The zero-order valence-electron chi connectivity index (χ0n) is 10.4. The van der Waals surface area contributed by atoms with Gasteiger partial charge < -0.3 is 15.0 Å². The van der Waals surface area contributed by atoms with Gasteiger partial charge >= 0.3 is 0 Å². The molecule has 2 N–H and O–H groups in total. The van der Waals surface area contributed by atoms with Crippen molar-refractivity contribution >= 4 is 0 Å². The van der Waals surface area contributed by atoms with Gasteiger partial charge in [-0.2, -0.15) is 0 Å². The Kier molecular flexibility index (Phi) is 3.99. The van der Waals surface area contributed by atoms with Gasteiger partial charge in [-0.3, -0.25) is 0 Å². The molecule has 0 radical (unpaired) electrons. The van der Waals surface area contributed by atoms with Crippen LogP contribution in [0.15, 0.2) is 36.5 Å². The van der Waals surface area contributed by atoms with Crippen molar-refractivity contribution in [1.82, 2.24) is 4.57 Å². The number of hydrogen-bond donors (Lipinski definition) is 1. The highest BCUT2D eigenvalue weighted by atomic mass is 19.1. The Morgan fingerprint density at radius 3 is 2.83 bits per heavy atom. The lowest BCUT2D eigenvalue weighted by Gasteiger charge is -2.11. The van der Waals surface area contributed by atoms with Crippen LogP contribution in [0.25, 0.3) is 0 Å². The van der Waals surface area contributed by atoms with E-state index in [2.05, 4.69) is 0 Å². The molecule has 0 fully saturated rings. The van der Waals surface area contributed by atoms with E-state index in [-0.39, 0.29) is 11.6 Å². The molecule has 18 heavy (non-hydrogen) atoms. The van der Waals surface area contributed by atoms with Crippen LogP contribution >= 0.6 is 0 Å². The Morgan fingerprint density at radius 2 is 2.11 bits per heavy atom. The molecule has 0 aliphatic heterocycles. The summed E-state index contributed by atoms with van der Waals surface area (Å²) in [6.45, 7) is 1.08. The van der Waals surface area contributed by atoms with Crippen LogP contribution in [0.2, 0.25) is 0 Å². The molecule has 0 aliphatic carbocycles. The Bertz CT molecular complexity index is 522. The van der Waals surface area contributed by atoms with E-state index in [1.54, 1.807) is 18.2 Å². The molecule has 1 aromatic heterocycles. The van der Waals surface area contributed by atoms with Crippen LogP contribution in [0.1, 0.15) is 11.3 Å². The molecule has 0 saturated carbocycles. The standard InChI is InChI=1S/C14H17FN2O/c1-18-13-6-2-4-11(14(13)15)10-17-9-3-5-12(17)7-8-16/h2-6,9H,7-8,10,16H2,1H3. The maximum Gasteiger partial charge on any atom is 0.170 e. The lowest BCUT2D eigenvalue weighted by molar-refractivity contribution is 0.383. The van der Waals surface area contributed by atoms with Crippen molar-refractivity contribution in [3.63, 3.8) is 0 Å². The monoisotopic (exact) mass is 248 g/mol. The molecular formula is C14H17FN2O. The molecule has 2 rings (SSSR count). The van der Waals surface area contributed by atoms with Crippen LogP contribution < -0.4 is 10.5 Å². The number of nitrogens with zero attached hydrogens (tertiary/aromatic N) is 1. The van der Waals surface area contributed by atoms with E-state index in [1.165, 1.54) is 7.11 Å². The first-order chi connectivity index (χ1) is 8.76. The first kappa shape index (κ1) is 12.6. The summed E-state index contributed by atoms with van der Waals surface area (Å²) in [6, 6.07) is 9.14. The van der Waals surface area contributed by atoms with Gasteiger partial charge in [-0.05, 0) is 31.2 Å². The van der Waals surface area contributed by atoms with Crippen molar-refractivity contribution in [2.24, 2.45) is 5.73 Å². The molecule has 0 bridgehead atoms. The van der Waals surface area contributed by atoms with Gasteiger partial charge in [0.2, 0.25) is 0 Å². The maximum absolute atomic E-state index is 14.0. The summed E-state index contributed by atoms with van der Waals surface area (Å²) in [5.74, 6) is -0.0209. The van der Waals surface area contributed by atoms with E-state index in [4.69, 9.17) is 10.5 Å². The Hall–Kier alpha value is -1.81. The summed E-state index contributed by atoms with van der Waals surface area (Å²) in [7, 11) is 1.47. The molecule has 0 saturated heterocycles. The van der Waals surface area contributed by atoms with Crippen molar-refractivity contribution in [2.45, 2.75) is 13.0 Å². The summed E-state index contributed by atoms with van der Waals surface area (Å²) in [6.07, 6.45) is 2.72. The number of hydrogen-bond acceptors (Lipinski definition) is 2. The average Bonchev–Trinajstić information content (AvgIpc) is 2.80. The molecule has 0 aliphatic rings. The van der Waals surface area contributed by atoms with Crippen LogP contribution in [0.5, 0.6) is 5.75 Å². The van der Waals surface area contributed by atoms with E-state index in [0.29, 0.717) is 18.7 Å². The Balaban J connectivity index is 2.25. The molecule has 3 nitrogen and oxygen atoms in total. The first-order valence-corrected chi connectivity index (χ1v) is 5.91. The quantitative estimate of drug-likeness (QED) is 0.881. The smallest absolute Gasteiger partial charge is 0.170 e. The molecule has 2 aromatic rings. The highest BCUT2D eigenvalue weighted by Gasteiger charge is 2.09. The van der Waals surface area contributed by atoms with Crippen molar-refractivity contribution in [1.29, 1.82) is 0 Å². The Morgan fingerprint density at radius 1 is 1.28 bits per heavy atom. The number of benzene rings is 1. The lowest BCUT2D eigenvalue weighted by Crippen LogP contribution is -2.10. The highest BCUT2D eigenvalue weighted by Crippen LogP contribution is 2.21. The molecule has 4 heteroatoms. The SMILES string of the molecule is COc1cccc(Cn2cccc2CCN)c1F. The summed E-state index contributed by atoms with van der Waals surface area (Å²) < 4.78 is 21.0. The summed E-state index contributed by atoms with van der Waals surface area (Å²) >= 11 is 0. The Labute approximate surface area is 106 Å². The summed E-state index contributed by atoms with van der Waals surface area (Å²) in [4.78, 5) is 0. The molecule has 0 amide bonds. The fraction of sp³-hybridized carbons (Fsp3) is 0.286. The molecule has 0 spiro atoms. The van der Waals surface area contributed by atoms with Crippen molar-refractivity contribution in [3.8, 4) is 5.75 Å². The number of halogens is 1. The van der Waals surface area contributed by atoms with Gasteiger partial charge in [-0.1, -0.05) is 12.1 Å². The normalized spacial score (nSPS) is 10.6. The van der Waals surface area contributed by atoms with E-state index < -0.39 is 0 Å². The van der Waals surface area contributed by atoms with Gasteiger partial charge in [-0.25, -0.2) is 4.39 Å². The van der Waals surface area contributed by atoms with E-state index in [0.717, 1.165) is 12.1 Å². The summed E-state index contributed by atoms with van der Waals surface area (Å²) in [5.41, 5.74) is 7.28. The van der Waals surface area contributed by atoms with Crippen molar-refractivity contribution in [2.75, 3.05) is 13.7 Å². The molecule has 96 valence electrons. The van der Waals surface area contributed by atoms with Crippen LogP contribution in [0, 0.1) is 5.82 Å². The van der Waals surface area contributed by atoms with Gasteiger partial charge in [0.15, 0.2) is 11.6 Å². The van der Waals surface area contributed by atoms with E-state index in [9.17, 15) is 4.39 Å². The fourth-order valence-corrected chi connectivity index (χ4v) is 2.00. The zero-order chi connectivity index (χ0) is 13.0. The third kappa shape index (κ3) is 2.54. The van der Waals surface area contributed by atoms with Crippen LogP contribution in [-0.2, 0) is 13.0 Å². The number of rotatable bonds is 5. The van der Waals surface area contributed by atoms with E-state index in [1.807, 2.05) is 22.9 Å². The third-order valence-corrected chi connectivity index (χ3v) is 2.93. The average molecular weight is 248 g/mol. The molecular weight excluding hydrogens is 231 g/mol. The topological polar surface area (TPSA) is 40.2 Å². The van der Waals surface area contributed by atoms with Gasteiger partial charge in [0.1, 0.15) is 0 Å². The second-order valence-electron chi connectivity index (χ2n) is 4.10. The second-order valence-corrected chi connectivity index (χ2v) is 4.10. The number of aromatic nitrogens is 1. The van der Waals surface area contributed by atoms with E-state index >= 15 is 0 Å². The predicted octanol–water partition coefficient (Wildman–Crippen LogP) is 2.19. The third-order valence-electron chi connectivity index (χ3n) is 2.93. The first-order valence-electron chi connectivity index (χ1n) is 5.91. The largest absolute Gasteiger partial charge is 0.494 e. The predicted molar refractivity (Wildman–Crippen MR) is 69.2 cm³/mol. The maximum atomic E-state index is 14.0. The number of methoxy groups -OCH3 is 1. The molecule has 0 atom stereocenters. The minimum absolute atomic E-state index is 0.278. The molecule has 1 aromatic carbocycles. The molecule has 1 heterocycles. The fourth-order valence-electron chi connectivity index (χ4n) is 2.00. The van der Waals surface area contributed by atoms with Gasteiger partial charge in [0.05, 0.1) is 13.7 Å².